The maximum atomic E-state index is 13.3. The van der Waals surface area contributed by atoms with Crippen molar-refractivity contribution in [2.45, 2.75) is 71.4 Å². The van der Waals surface area contributed by atoms with Crippen molar-refractivity contribution < 1.29 is 19.4 Å². The summed E-state index contributed by atoms with van der Waals surface area (Å²) in [6.45, 7) is 8.96. The van der Waals surface area contributed by atoms with Gasteiger partial charge in [-0.15, -0.1) is 0 Å². The number of carbonyl (C=O) groups is 2. The van der Waals surface area contributed by atoms with E-state index in [0.29, 0.717) is 29.8 Å². The first kappa shape index (κ1) is 24.1. The summed E-state index contributed by atoms with van der Waals surface area (Å²) in [5.74, 6) is 0.0912. The van der Waals surface area contributed by atoms with Crippen LogP contribution in [-0.4, -0.2) is 34.3 Å². The van der Waals surface area contributed by atoms with Crippen molar-refractivity contribution in [2.75, 3.05) is 6.61 Å². The summed E-state index contributed by atoms with van der Waals surface area (Å²) in [4.78, 5) is 28.3. The third-order valence-corrected chi connectivity index (χ3v) is 6.81. The van der Waals surface area contributed by atoms with Gasteiger partial charge >= 0.3 is 0 Å². The third kappa shape index (κ3) is 4.75. The van der Waals surface area contributed by atoms with Gasteiger partial charge in [0.05, 0.1) is 18.2 Å². The SMILES string of the molecule is CC(C)COc1cccc(/C(O)=C2/C(=O)C(=O)N(C3CCCC3)C2c2ccc(C(C)C)cc2)c1. The number of benzene rings is 2. The molecule has 0 radical (unpaired) electrons. The molecule has 1 atom stereocenters. The molecule has 0 spiro atoms. The Kier molecular flexibility index (Phi) is 7.11. The molecule has 1 saturated carbocycles. The van der Waals surface area contributed by atoms with Gasteiger partial charge in [-0.2, -0.15) is 0 Å². The second kappa shape index (κ2) is 10.0. The lowest BCUT2D eigenvalue weighted by Crippen LogP contribution is -2.37. The average Bonchev–Trinajstić information content (AvgIpc) is 3.44. The normalized spacial score (nSPS) is 20.6. The summed E-state index contributed by atoms with van der Waals surface area (Å²) >= 11 is 0. The molecule has 1 aliphatic carbocycles. The van der Waals surface area contributed by atoms with Crippen LogP contribution in [0.2, 0.25) is 0 Å². The van der Waals surface area contributed by atoms with Gasteiger partial charge in [-0.1, -0.05) is 76.9 Å². The molecule has 34 heavy (non-hydrogen) atoms. The molecule has 2 aromatic rings. The minimum absolute atomic E-state index is 0.0113. The van der Waals surface area contributed by atoms with Gasteiger partial charge in [0.1, 0.15) is 11.5 Å². The van der Waals surface area contributed by atoms with Gasteiger partial charge in [-0.25, -0.2) is 0 Å². The number of amides is 1. The molecule has 1 saturated heterocycles. The van der Waals surface area contributed by atoms with Crippen LogP contribution in [0.3, 0.4) is 0 Å². The van der Waals surface area contributed by atoms with Crippen molar-refractivity contribution in [1.82, 2.24) is 4.90 Å². The number of Topliss-reactive ketones (excluding diaryl/α,β-unsaturated/α-hetero) is 1. The molecular weight excluding hydrogens is 426 g/mol. The molecule has 1 aliphatic heterocycles. The Morgan fingerprint density at radius 3 is 2.32 bits per heavy atom. The van der Waals surface area contributed by atoms with Crippen molar-refractivity contribution in [1.29, 1.82) is 0 Å². The van der Waals surface area contributed by atoms with Crippen molar-refractivity contribution in [3.05, 3.63) is 70.8 Å². The number of aliphatic hydroxyl groups excluding tert-OH is 1. The first-order valence-corrected chi connectivity index (χ1v) is 12.4. The first-order chi connectivity index (χ1) is 16.3. The maximum Gasteiger partial charge on any atom is 0.295 e. The van der Waals surface area contributed by atoms with Crippen molar-refractivity contribution >= 4 is 17.4 Å². The molecule has 0 bridgehead atoms. The second-order valence-electron chi connectivity index (χ2n) is 10.2. The topological polar surface area (TPSA) is 66.8 Å². The maximum absolute atomic E-state index is 13.3. The van der Waals surface area contributed by atoms with Crippen LogP contribution < -0.4 is 4.74 Å². The Labute approximate surface area is 202 Å². The molecule has 1 amide bonds. The van der Waals surface area contributed by atoms with Crippen LogP contribution in [0.4, 0.5) is 0 Å². The molecule has 1 unspecified atom stereocenters. The fraction of sp³-hybridized carbons (Fsp3) is 0.448. The number of hydrogen-bond donors (Lipinski definition) is 1. The summed E-state index contributed by atoms with van der Waals surface area (Å²) in [6, 6.07) is 14.6. The van der Waals surface area contributed by atoms with E-state index in [1.54, 1.807) is 23.1 Å². The van der Waals surface area contributed by atoms with E-state index in [9.17, 15) is 14.7 Å². The van der Waals surface area contributed by atoms with E-state index >= 15 is 0 Å². The number of rotatable bonds is 7. The van der Waals surface area contributed by atoms with Crippen LogP contribution in [0.1, 0.15) is 82.0 Å². The average molecular weight is 462 g/mol. The number of hydrogen-bond acceptors (Lipinski definition) is 4. The molecule has 0 aromatic heterocycles. The molecule has 1 heterocycles. The van der Waals surface area contributed by atoms with Gasteiger partial charge in [0, 0.05) is 11.6 Å². The zero-order valence-corrected chi connectivity index (χ0v) is 20.6. The Morgan fingerprint density at radius 2 is 1.71 bits per heavy atom. The monoisotopic (exact) mass is 461 g/mol. The predicted octanol–water partition coefficient (Wildman–Crippen LogP) is 6.21. The molecule has 180 valence electrons. The van der Waals surface area contributed by atoms with Gasteiger partial charge in [-0.3, -0.25) is 9.59 Å². The van der Waals surface area contributed by atoms with Crippen molar-refractivity contribution in [2.24, 2.45) is 5.92 Å². The van der Waals surface area contributed by atoms with Gasteiger partial charge in [-0.05, 0) is 47.9 Å². The second-order valence-corrected chi connectivity index (χ2v) is 10.2. The molecule has 5 nitrogen and oxygen atoms in total. The summed E-state index contributed by atoms with van der Waals surface area (Å²) in [7, 11) is 0. The van der Waals surface area contributed by atoms with Crippen LogP contribution in [-0.2, 0) is 9.59 Å². The van der Waals surface area contributed by atoms with E-state index in [0.717, 1.165) is 31.2 Å². The van der Waals surface area contributed by atoms with Crippen LogP contribution in [0, 0.1) is 5.92 Å². The fourth-order valence-electron chi connectivity index (χ4n) is 4.95. The minimum atomic E-state index is -0.615. The molecule has 5 heteroatoms. The van der Waals surface area contributed by atoms with Gasteiger partial charge in [0.15, 0.2) is 0 Å². The highest BCUT2D eigenvalue weighted by Gasteiger charge is 2.49. The highest BCUT2D eigenvalue weighted by molar-refractivity contribution is 6.46. The van der Waals surface area contributed by atoms with E-state index in [4.69, 9.17) is 4.74 Å². The van der Waals surface area contributed by atoms with Crippen LogP contribution in [0.15, 0.2) is 54.1 Å². The number of nitrogens with zero attached hydrogens (tertiary/aromatic N) is 1. The summed E-state index contributed by atoms with van der Waals surface area (Å²) in [6.07, 6.45) is 3.85. The number of aliphatic hydroxyl groups is 1. The highest BCUT2D eigenvalue weighted by atomic mass is 16.5. The van der Waals surface area contributed by atoms with E-state index < -0.39 is 17.7 Å². The summed E-state index contributed by atoms with van der Waals surface area (Å²) < 4.78 is 5.82. The Balaban J connectivity index is 1.79. The first-order valence-electron chi connectivity index (χ1n) is 12.4. The standard InChI is InChI=1S/C29H35NO4/c1-18(2)17-34-24-11-7-8-22(16-24)27(31)25-26(21-14-12-20(13-15-21)19(3)4)30(29(33)28(25)32)23-9-5-6-10-23/h7-8,11-16,18-19,23,26,31H,5-6,9-10,17H2,1-4H3/b27-25-. The van der Waals surface area contributed by atoms with E-state index in [1.165, 1.54) is 5.56 Å². The number of likely N-dealkylation sites (tertiary alicyclic amines) is 1. The Hall–Kier alpha value is -3.08. The molecule has 4 rings (SSSR count). The number of carbonyl (C=O) groups excluding carboxylic acids is 2. The number of ketones is 1. The van der Waals surface area contributed by atoms with Crippen molar-refractivity contribution in [3.8, 4) is 5.75 Å². The largest absolute Gasteiger partial charge is 0.507 e. The zero-order valence-electron chi connectivity index (χ0n) is 20.6. The Morgan fingerprint density at radius 1 is 1.03 bits per heavy atom. The number of ether oxygens (including phenoxy) is 1. The zero-order chi connectivity index (χ0) is 24.4. The van der Waals surface area contributed by atoms with E-state index in [-0.39, 0.29) is 17.4 Å². The lowest BCUT2D eigenvalue weighted by Gasteiger charge is -2.31. The highest BCUT2D eigenvalue weighted by Crippen LogP contribution is 2.43. The van der Waals surface area contributed by atoms with Crippen molar-refractivity contribution in [3.63, 3.8) is 0 Å². The lowest BCUT2D eigenvalue weighted by molar-refractivity contribution is -0.141. The summed E-state index contributed by atoms with van der Waals surface area (Å²) in [5, 5.41) is 11.4. The molecule has 2 fully saturated rings. The van der Waals surface area contributed by atoms with E-state index in [2.05, 4.69) is 39.8 Å². The van der Waals surface area contributed by atoms with E-state index in [1.807, 2.05) is 18.2 Å². The minimum Gasteiger partial charge on any atom is -0.507 e. The lowest BCUT2D eigenvalue weighted by atomic mass is 9.92. The van der Waals surface area contributed by atoms with Gasteiger partial charge in [0.2, 0.25) is 0 Å². The smallest absolute Gasteiger partial charge is 0.295 e. The molecular formula is C29H35NO4. The van der Waals surface area contributed by atoms with Gasteiger partial charge < -0.3 is 14.7 Å². The Bertz CT molecular complexity index is 1080. The van der Waals surface area contributed by atoms with Gasteiger partial charge in [0.25, 0.3) is 11.7 Å². The van der Waals surface area contributed by atoms with Crippen LogP contribution in [0.25, 0.3) is 5.76 Å². The van der Waals surface area contributed by atoms with Crippen LogP contribution in [0.5, 0.6) is 5.75 Å². The van der Waals surface area contributed by atoms with Crippen LogP contribution >= 0.6 is 0 Å². The third-order valence-electron chi connectivity index (χ3n) is 6.81. The fourth-order valence-corrected chi connectivity index (χ4v) is 4.95. The molecule has 2 aromatic carbocycles. The molecule has 2 aliphatic rings. The molecule has 1 N–H and O–H groups in total. The quantitative estimate of drug-likeness (QED) is 0.302. The summed E-state index contributed by atoms with van der Waals surface area (Å²) in [5.41, 5.74) is 2.69. The predicted molar refractivity (Wildman–Crippen MR) is 134 cm³/mol.